The van der Waals surface area contributed by atoms with E-state index in [2.05, 4.69) is 31.4 Å². The third-order valence-corrected chi connectivity index (χ3v) is 4.10. The van der Waals surface area contributed by atoms with Crippen LogP contribution in [0.25, 0.3) is 0 Å². The van der Waals surface area contributed by atoms with Crippen molar-refractivity contribution in [2.24, 2.45) is 5.41 Å². The summed E-state index contributed by atoms with van der Waals surface area (Å²) < 4.78 is 0. The minimum Gasteiger partial charge on any atom is -0.481 e. The summed E-state index contributed by atoms with van der Waals surface area (Å²) in [5, 5.41) is 24.0. The molecule has 0 saturated heterocycles. The summed E-state index contributed by atoms with van der Waals surface area (Å²) in [5.74, 6) is -2.52. The second-order valence-corrected chi connectivity index (χ2v) is 9.44. The molecular weight excluding hydrogens is 348 g/mol. The Morgan fingerprint density at radius 2 is 1.44 bits per heavy atom. The highest BCUT2D eigenvalue weighted by molar-refractivity contribution is 5.87. The first kappa shape index (κ1) is 25.4. The van der Waals surface area contributed by atoms with E-state index < -0.39 is 35.5 Å². The summed E-state index contributed by atoms with van der Waals surface area (Å²) in [6.45, 7) is 12.1. The lowest BCUT2D eigenvalue weighted by Crippen LogP contribution is -2.54. The van der Waals surface area contributed by atoms with E-state index in [0.29, 0.717) is 6.42 Å². The topological polar surface area (TPSA) is 116 Å². The molecule has 0 aromatic carbocycles. The normalized spacial score (nSPS) is 14.4. The van der Waals surface area contributed by atoms with E-state index in [1.165, 1.54) is 0 Å². The van der Waals surface area contributed by atoms with E-state index in [-0.39, 0.29) is 18.3 Å². The monoisotopic (exact) mass is 386 g/mol. The van der Waals surface area contributed by atoms with E-state index in [1.54, 1.807) is 0 Å². The van der Waals surface area contributed by atoms with Gasteiger partial charge in [0.25, 0.3) is 0 Å². The maximum absolute atomic E-state index is 12.5. The lowest BCUT2D eigenvalue weighted by atomic mass is 9.89. The number of hydrogen-bond acceptors (Lipinski definition) is 4. The number of carbonyl (C=O) groups excluding carboxylic acids is 1. The zero-order valence-corrected chi connectivity index (χ0v) is 17.7. The van der Waals surface area contributed by atoms with Gasteiger partial charge in [-0.25, -0.2) is 4.79 Å². The quantitative estimate of drug-likeness (QED) is 0.383. The van der Waals surface area contributed by atoms with Crippen LogP contribution >= 0.6 is 0 Å². The zero-order valence-electron chi connectivity index (χ0n) is 17.7. The van der Waals surface area contributed by atoms with Crippen molar-refractivity contribution in [3.05, 3.63) is 0 Å². The Hall–Kier alpha value is -1.63. The van der Waals surface area contributed by atoms with Crippen LogP contribution in [0.4, 0.5) is 0 Å². The zero-order chi connectivity index (χ0) is 21.3. The summed E-state index contributed by atoms with van der Waals surface area (Å²) >= 11 is 0. The van der Waals surface area contributed by atoms with Gasteiger partial charge in [-0.3, -0.25) is 9.59 Å². The summed E-state index contributed by atoms with van der Waals surface area (Å²) in [4.78, 5) is 34.9. The van der Waals surface area contributed by atoms with Gasteiger partial charge in [-0.15, -0.1) is 0 Å². The minimum atomic E-state index is -1.06. The predicted octanol–water partition coefficient (Wildman–Crippen LogP) is 3.17. The minimum absolute atomic E-state index is 0.107. The van der Waals surface area contributed by atoms with Gasteiger partial charge in [0.05, 0.1) is 6.04 Å². The number of hydrogen-bond donors (Lipinski definition) is 4. The first-order valence-corrected chi connectivity index (χ1v) is 9.74. The van der Waals surface area contributed by atoms with Crippen molar-refractivity contribution in [2.45, 2.75) is 104 Å². The van der Waals surface area contributed by atoms with Gasteiger partial charge in [0.15, 0.2) is 0 Å². The fraction of sp³-hybridized carbons (Fsp3) is 0.850. The van der Waals surface area contributed by atoms with Gasteiger partial charge in [0.2, 0.25) is 5.91 Å². The van der Waals surface area contributed by atoms with E-state index in [1.807, 2.05) is 20.8 Å². The second-order valence-electron chi connectivity index (χ2n) is 9.44. The highest BCUT2D eigenvalue weighted by Gasteiger charge is 2.28. The van der Waals surface area contributed by atoms with Gasteiger partial charge in [-0.2, -0.15) is 0 Å². The summed E-state index contributed by atoms with van der Waals surface area (Å²) in [7, 11) is 0. The molecule has 0 aliphatic carbocycles. The summed E-state index contributed by atoms with van der Waals surface area (Å²) in [6, 6.07) is -1.70. The van der Waals surface area contributed by atoms with Crippen LogP contribution in [-0.2, 0) is 14.4 Å². The number of amides is 1. The van der Waals surface area contributed by atoms with Crippen molar-refractivity contribution in [2.75, 3.05) is 0 Å². The maximum atomic E-state index is 12.5. The lowest BCUT2D eigenvalue weighted by Gasteiger charge is -2.28. The number of rotatable bonds is 12. The van der Waals surface area contributed by atoms with Crippen molar-refractivity contribution in [1.82, 2.24) is 10.6 Å². The summed E-state index contributed by atoms with van der Waals surface area (Å²) in [6.07, 6.45) is 4.05. The van der Waals surface area contributed by atoms with Gasteiger partial charge >= 0.3 is 11.9 Å². The molecular formula is C20H38N2O5. The van der Waals surface area contributed by atoms with Crippen LogP contribution in [0.15, 0.2) is 0 Å². The van der Waals surface area contributed by atoms with Crippen LogP contribution in [0, 0.1) is 5.41 Å². The molecule has 0 unspecified atom stereocenters. The number of carboxylic acids is 2. The Balaban J connectivity index is 4.69. The standard InChI is InChI=1S/C20H38N2O5/c1-19(2,3)13-9-7-8-10-15(18(26)27)21-17(25)14(11-12-16(23)24)22-20(4,5)6/h14-15,22H,7-13H2,1-6H3,(H,21,25)(H,23,24)(H,26,27)/t14-,15-/m0/s1. The average molecular weight is 387 g/mol. The highest BCUT2D eigenvalue weighted by Crippen LogP contribution is 2.22. The number of carbonyl (C=O) groups is 3. The van der Waals surface area contributed by atoms with E-state index in [0.717, 1.165) is 25.7 Å². The second kappa shape index (κ2) is 11.3. The van der Waals surface area contributed by atoms with Gasteiger partial charge in [-0.05, 0) is 45.4 Å². The summed E-state index contributed by atoms with van der Waals surface area (Å²) in [5.41, 5.74) is -0.136. The molecule has 27 heavy (non-hydrogen) atoms. The molecule has 0 rings (SSSR count). The maximum Gasteiger partial charge on any atom is 0.326 e. The largest absolute Gasteiger partial charge is 0.481 e. The Labute approximate surface area is 163 Å². The molecule has 0 aromatic rings. The fourth-order valence-electron chi connectivity index (χ4n) is 2.77. The molecule has 0 radical (unpaired) electrons. The van der Waals surface area contributed by atoms with E-state index >= 15 is 0 Å². The molecule has 0 saturated carbocycles. The highest BCUT2D eigenvalue weighted by atomic mass is 16.4. The molecule has 2 atom stereocenters. The van der Waals surface area contributed by atoms with Gasteiger partial charge in [0, 0.05) is 12.0 Å². The van der Waals surface area contributed by atoms with Gasteiger partial charge < -0.3 is 20.8 Å². The SMILES string of the molecule is CC(C)(C)CCCCC[C@H](NC(=O)[C@H](CCC(=O)O)NC(C)(C)C)C(=O)O. The van der Waals surface area contributed by atoms with Crippen molar-refractivity contribution in [3.8, 4) is 0 Å². The molecule has 0 spiro atoms. The lowest BCUT2D eigenvalue weighted by molar-refractivity contribution is -0.143. The van der Waals surface area contributed by atoms with Crippen molar-refractivity contribution >= 4 is 17.8 Å². The third-order valence-electron chi connectivity index (χ3n) is 4.10. The Morgan fingerprint density at radius 1 is 0.852 bits per heavy atom. The van der Waals surface area contributed by atoms with E-state index in [9.17, 15) is 19.5 Å². The van der Waals surface area contributed by atoms with Crippen LogP contribution in [0.5, 0.6) is 0 Å². The number of carboxylic acid groups (broad SMARTS) is 2. The molecule has 0 aliphatic rings. The molecule has 1 amide bonds. The third kappa shape index (κ3) is 14.1. The Kier molecular flexibility index (Phi) is 10.6. The van der Waals surface area contributed by atoms with Crippen LogP contribution in [-0.4, -0.2) is 45.7 Å². The van der Waals surface area contributed by atoms with Gasteiger partial charge in [-0.1, -0.05) is 40.0 Å². The smallest absolute Gasteiger partial charge is 0.326 e. The Morgan fingerprint density at radius 3 is 1.89 bits per heavy atom. The predicted molar refractivity (Wildman–Crippen MR) is 106 cm³/mol. The van der Waals surface area contributed by atoms with Crippen molar-refractivity contribution in [3.63, 3.8) is 0 Å². The van der Waals surface area contributed by atoms with Crippen LogP contribution in [0.2, 0.25) is 0 Å². The molecule has 0 aliphatic heterocycles. The molecule has 0 bridgehead atoms. The van der Waals surface area contributed by atoms with E-state index in [4.69, 9.17) is 5.11 Å². The fourth-order valence-corrected chi connectivity index (χ4v) is 2.77. The molecule has 0 aromatic heterocycles. The van der Waals surface area contributed by atoms with Gasteiger partial charge in [0.1, 0.15) is 6.04 Å². The first-order valence-electron chi connectivity index (χ1n) is 9.74. The van der Waals surface area contributed by atoms with Crippen LogP contribution in [0.1, 0.15) is 86.5 Å². The molecule has 7 heteroatoms. The Bertz CT molecular complexity index is 492. The number of aliphatic carboxylic acids is 2. The first-order chi connectivity index (χ1) is 12.2. The molecule has 0 fully saturated rings. The number of unbranched alkanes of at least 4 members (excludes halogenated alkanes) is 2. The van der Waals surface area contributed by atoms with Crippen LogP contribution < -0.4 is 10.6 Å². The van der Waals surface area contributed by atoms with Crippen molar-refractivity contribution in [1.29, 1.82) is 0 Å². The molecule has 7 nitrogen and oxygen atoms in total. The number of nitrogens with one attached hydrogen (secondary N) is 2. The molecule has 0 heterocycles. The van der Waals surface area contributed by atoms with Crippen LogP contribution in [0.3, 0.4) is 0 Å². The average Bonchev–Trinajstić information content (AvgIpc) is 2.47. The van der Waals surface area contributed by atoms with Crippen molar-refractivity contribution < 1.29 is 24.6 Å². The molecule has 158 valence electrons. The molecule has 4 N–H and O–H groups in total.